The van der Waals surface area contributed by atoms with Gasteiger partial charge in [0.05, 0.1) is 0 Å². The molecule has 1 heterocycles. The Balaban J connectivity index is 0.00000106. The molecule has 0 spiro atoms. The molecule has 88 valence electrons. The van der Waals surface area contributed by atoms with Crippen molar-refractivity contribution in [2.75, 3.05) is 13.2 Å². The fraction of sp³-hybridized carbons (Fsp3) is 0.455. The number of rotatable bonds is 2. The van der Waals surface area contributed by atoms with Crippen LogP contribution >= 0.6 is 0 Å². The lowest BCUT2D eigenvalue weighted by Crippen LogP contribution is -2.19. The van der Waals surface area contributed by atoms with E-state index >= 15 is 0 Å². The maximum absolute atomic E-state index is 11.0. The van der Waals surface area contributed by atoms with Gasteiger partial charge in [0.15, 0.2) is 6.61 Å². The number of hydrogen-bond donors (Lipinski definition) is 1. The van der Waals surface area contributed by atoms with E-state index in [4.69, 9.17) is 9.84 Å². The van der Waals surface area contributed by atoms with E-state index in [0.29, 0.717) is 0 Å². The Bertz CT molecular complexity index is 415. The van der Waals surface area contributed by atoms with Gasteiger partial charge >= 0.3 is 5.69 Å². The Morgan fingerprint density at radius 2 is 2.19 bits per heavy atom. The summed E-state index contributed by atoms with van der Waals surface area (Å²) in [5.74, 6) is 5.20. The SMILES string of the molecule is CC.Cn1ccc(OCC#CCO)nc1=O. The summed E-state index contributed by atoms with van der Waals surface area (Å²) >= 11 is 0. The maximum atomic E-state index is 11.0. The van der Waals surface area contributed by atoms with Gasteiger partial charge in [0.2, 0.25) is 5.88 Å². The zero-order chi connectivity index (χ0) is 12.4. The number of aryl methyl sites for hydroxylation is 1. The van der Waals surface area contributed by atoms with E-state index in [2.05, 4.69) is 16.8 Å². The van der Waals surface area contributed by atoms with Crippen LogP contribution in [0.5, 0.6) is 5.88 Å². The fourth-order valence-electron chi connectivity index (χ4n) is 0.747. The number of aliphatic hydroxyl groups excluding tert-OH is 1. The minimum Gasteiger partial charge on any atom is -0.464 e. The van der Waals surface area contributed by atoms with Crippen molar-refractivity contribution in [2.45, 2.75) is 13.8 Å². The number of hydrogen-bond acceptors (Lipinski definition) is 4. The van der Waals surface area contributed by atoms with Crippen molar-refractivity contribution in [3.05, 3.63) is 22.7 Å². The minimum absolute atomic E-state index is 0.112. The first kappa shape index (κ1) is 14.2. The Hall–Kier alpha value is -1.80. The lowest BCUT2D eigenvalue weighted by Gasteiger charge is -2.00. The van der Waals surface area contributed by atoms with E-state index in [1.54, 1.807) is 19.3 Å². The van der Waals surface area contributed by atoms with E-state index in [9.17, 15) is 4.79 Å². The van der Waals surface area contributed by atoms with Gasteiger partial charge in [0.25, 0.3) is 0 Å². The molecule has 5 nitrogen and oxygen atoms in total. The molecule has 0 unspecified atom stereocenters. The van der Waals surface area contributed by atoms with Crippen molar-refractivity contribution in [3.8, 4) is 17.7 Å². The lowest BCUT2D eigenvalue weighted by atomic mass is 10.6. The van der Waals surface area contributed by atoms with E-state index in [1.807, 2.05) is 13.8 Å². The molecule has 5 heteroatoms. The van der Waals surface area contributed by atoms with Crippen LogP contribution in [-0.4, -0.2) is 27.9 Å². The molecule has 0 aliphatic carbocycles. The normalized spacial score (nSPS) is 8.25. The molecule has 0 radical (unpaired) electrons. The molecule has 0 aliphatic rings. The molecule has 0 amide bonds. The van der Waals surface area contributed by atoms with Crippen molar-refractivity contribution in [1.82, 2.24) is 9.55 Å². The lowest BCUT2D eigenvalue weighted by molar-refractivity contribution is 0.343. The second-order valence-electron chi connectivity index (χ2n) is 2.46. The van der Waals surface area contributed by atoms with Crippen LogP contribution in [0.1, 0.15) is 13.8 Å². The molecule has 1 aromatic rings. The molecule has 0 atom stereocenters. The average molecular weight is 224 g/mol. The summed E-state index contributed by atoms with van der Waals surface area (Å²) < 4.78 is 6.37. The van der Waals surface area contributed by atoms with Crippen LogP contribution in [0.3, 0.4) is 0 Å². The van der Waals surface area contributed by atoms with Gasteiger partial charge in [-0.1, -0.05) is 25.7 Å². The summed E-state index contributed by atoms with van der Waals surface area (Å²) in [7, 11) is 1.60. The van der Waals surface area contributed by atoms with E-state index < -0.39 is 0 Å². The molecule has 1 aromatic heterocycles. The summed E-state index contributed by atoms with van der Waals surface area (Å²) in [5, 5.41) is 8.35. The third kappa shape index (κ3) is 5.17. The van der Waals surface area contributed by atoms with Crippen LogP contribution in [0.4, 0.5) is 0 Å². The summed E-state index contributed by atoms with van der Waals surface area (Å²) in [6.45, 7) is 3.91. The van der Waals surface area contributed by atoms with Gasteiger partial charge in [-0.25, -0.2) is 4.79 Å². The number of aliphatic hydroxyl groups is 1. The van der Waals surface area contributed by atoms with Crippen molar-refractivity contribution in [3.63, 3.8) is 0 Å². The monoisotopic (exact) mass is 224 g/mol. The van der Waals surface area contributed by atoms with Gasteiger partial charge in [0, 0.05) is 19.3 Å². The maximum Gasteiger partial charge on any atom is 0.350 e. The molecule has 0 bridgehead atoms. The van der Waals surface area contributed by atoms with Gasteiger partial charge < -0.3 is 14.4 Å². The molecule has 0 aliphatic heterocycles. The second kappa shape index (κ2) is 8.50. The first-order chi connectivity index (χ1) is 7.74. The van der Waals surface area contributed by atoms with Gasteiger partial charge in [-0.15, -0.1) is 0 Å². The first-order valence-electron chi connectivity index (χ1n) is 4.97. The summed E-state index contributed by atoms with van der Waals surface area (Å²) in [6.07, 6.45) is 1.56. The Morgan fingerprint density at radius 1 is 1.50 bits per heavy atom. The summed E-state index contributed by atoms with van der Waals surface area (Å²) in [4.78, 5) is 14.6. The highest BCUT2D eigenvalue weighted by atomic mass is 16.5. The standard InChI is InChI=1S/C9H10N2O3.C2H6/c1-11-5-4-8(10-9(11)13)14-7-3-2-6-12;1-2/h4-5,12H,6-7H2,1H3;1-2H3. The molecule has 0 aromatic carbocycles. The van der Waals surface area contributed by atoms with Crippen molar-refractivity contribution < 1.29 is 9.84 Å². The fourth-order valence-corrected chi connectivity index (χ4v) is 0.747. The van der Waals surface area contributed by atoms with Crippen LogP contribution in [0.2, 0.25) is 0 Å². The molecule has 1 N–H and O–H groups in total. The van der Waals surface area contributed by atoms with Gasteiger partial charge in [-0.3, -0.25) is 0 Å². The molecule has 16 heavy (non-hydrogen) atoms. The molecular weight excluding hydrogens is 208 g/mol. The molecular formula is C11H16N2O3. The smallest absolute Gasteiger partial charge is 0.350 e. The Morgan fingerprint density at radius 3 is 2.75 bits per heavy atom. The number of ether oxygens (including phenoxy) is 1. The van der Waals surface area contributed by atoms with Crippen LogP contribution in [0.15, 0.2) is 17.1 Å². The highest BCUT2D eigenvalue weighted by Gasteiger charge is 1.95. The predicted molar refractivity (Wildman–Crippen MR) is 61.2 cm³/mol. The summed E-state index contributed by atoms with van der Waals surface area (Å²) in [5.41, 5.74) is -0.377. The Labute approximate surface area is 94.7 Å². The van der Waals surface area contributed by atoms with Gasteiger partial charge in [0.1, 0.15) is 6.61 Å². The number of aromatic nitrogens is 2. The summed E-state index contributed by atoms with van der Waals surface area (Å²) in [6, 6.07) is 1.57. The highest BCUT2D eigenvalue weighted by molar-refractivity contribution is 5.08. The zero-order valence-corrected chi connectivity index (χ0v) is 9.73. The largest absolute Gasteiger partial charge is 0.464 e. The van der Waals surface area contributed by atoms with Crippen LogP contribution < -0.4 is 10.4 Å². The predicted octanol–water partition coefficient (Wildman–Crippen LogP) is 0.181. The third-order valence-corrected chi connectivity index (χ3v) is 1.44. The highest BCUT2D eigenvalue weighted by Crippen LogP contribution is 1.99. The van der Waals surface area contributed by atoms with Crippen molar-refractivity contribution in [2.24, 2.45) is 7.05 Å². The van der Waals surface area contributed by atoms with Crippen LogP contribution in [0.25, 0.3) is 0 Å². The zero-order valence-electron chi connectivity index (χ0n) is 9.73. The second-order valence-corrected chi connectivity index (χ2v) is 2.46. The van der Waals surface area contributed by atoms with Gasteiger partial charge in [-0.05, 0) is 0 Å². The molecule has 0 saturated carbocycles. The van der Waals surface area contributed by atoms with Crippen LogP contribution in [-0.2, 0) is 7.05 Å². The topological polar surface area (TPSA) is 64.3 Å². The quantitative estimate of drug-likeness (QED) is 0.728. The van der Waals surface area contributed by atoms with E-state index in [1.165, 1.54) is 4.57 Å². The molecule has 1 rings (SSSR count). The van der Waals surface area contributed by atoms with Crippen LogP contribution in [0, 0.1) is 11.8 Å². The van der Waals surface area contributed by atoms with Gasteiger partial charge in [-0.2, -0.15) is 4.98 Å². The molecule has 0 saturated heterocycles. The minimum atomic E-state index is -0.377. The van der Waals surface area contributed by atoms with E-state index in [0.717, 1.165) is 0 Å². The number of nitrogens with zero attached hydrogens (tertiary/aromatic N) is 2. The van der Waals surface area contributed by atoms with E-state index in [-0.39, 0.29) is 24.8 Å². The third-order valence-electron chi connectivity index (χ3n) is 1.44. The first-order valence-corrected chi connectivity index (χ1v) is 4.97. The average Bonchev–Trinajstić information content (AvgIpc) is 2.32. The molecule has 0 fully saturated rings. The van der Waals surface area contributed by atoms with Crippen molar-refractivity contribution in [1.29, 1.82) is 0 Å². The Kier molecular flexibility index (Phi) is 7.55. The van der Waals surface area contributed by atoms with Crippen molar-refractivity contribution >= 4 is 0 Å².